The van der Waals surface area contributed by atoms with Crippen molar-refractivity contribution in [2.75, 3.05) is 45.1 Å². The van der Waals surface area contributed by atoms with Gasteiger partial charge in [0.25, 0.3) is 0 Å². The predicted octanol–water partition coefficient (Wildman–Crippen LogP) is 2.32. The number of carbonyl (C=O) groups excluding carboxylic acids is 4. The van der Waals surface area contributed by atoms with Gasteiger partial charge in [-0.2, -0.15) is 0 Å². The summed E-state index contributed by atoms with van der Waals surface area (Å²) in [6, 6.07) is 7.33. The van der Waals surface area contributed by atoms with Gasteiger partial charge in [-0.1, -0.05) is 30.2 Å². The predicted molar refractivity (Wildman–Crippen MR) is 231 cm³/mol. The third-order valence-corrected chi connectivity index (χ3v) is 10.9. The zero-order chi connectivity index (χ0) is 44.2. The van der Waals surface area contributed by atoms with Gasteiger partial charge in [-0.05, 0) is 93.8 Å². The van der Waals surface area contributed by atoms with Gasteiger partial charge >= 0.3 is 0 Å². The van der Waals surface area contributed by atoms with E-state index < -0.39 is 17.6 Å². The van der Waals surface area contributed by atoms with Crippen LogP contribution < -0.4 is 31.7 Å². The van der Waals surface area contributed by atoms with E-state index in [4.69, 9.17) is 20.1 Å². The molecule has 6 rings (SSSR count). The summed E-state index contributed by atoms with van der Waals surface area (Å²) < 4.78 is 12.8. The molecule has 1 saturated heterocycles. The molecule has 1 atom stereocenters. The maximum Gasteiger partial charge on any atom is 0.243 e. The third kappa shape index (κ3) is 11.7. The first kappa shape index (κ1) is 45.1. The summed E-state index contributed by atoms with van der Waals surface area (Å²) in [5.74, 6) is 5.30. The minimum absolute atomic E-state index is 0.0839. The van der Waals surface area contributed by atoms with E-state index in [0.717, 1.165) is 21.7 Å². The molecule has 0 spiro atoms. The minimum Gasteiger partial charge on any atom is -0.490 e. The Balaban J connectivity index is 0.862. The molecule has 0 aliphatic carbocycles. The maximum absolute atomic E-state index is 13.0. The van der Waals surface area contributed by atoms with Crippen LogP contribution in [0.25, 0.3) is 33.0 Å². The first-order valence-corrected chi connectivity index (χ1v) is 21.4. The highest BCUT2D eigenvalue weighted by molar-refractivity contribution is 7.13. The summed E-state index contributed by atoms with van der Waals surface area (Å²) in [4.78, 5) is 67.0. The summed E-state index contributed by atoms with van der Waals surface area (Å²) in [5.41, 5.74) is 11.3. The molecule has 62 heavy (non-hydrogen) atoms. The molecule has 1 aliphatic rings. The summed E-state index contributed by atoms with van der Waals surface area (Å²) in [6.45, 7) is 9.31. The Hall–Kier alpha value is -6.43. The van der Waals surface area contributed by atoms with E-state index in [9.17, 15) is 24.3 Å². The number of carbonyl (C=O) groups is 4. The minimum atomic E-state index is -1.24. The van der Waals surface area contributed by atoms with E-state index in [1.54, 1.807) is 31.4 Å². The number of anilines is 1. The molecule has 1 aromatic carbocycles. The number of hydrogen-bond donors (Lipinski definition) is 6. The molecule has 0 radical (unpaired) electrons. The number of amides is 4. The molecule has 1 aliphatic heterocycles. The van der Waals surface area contributed by atoms with Crippen LogP contribution in [-0.2, 0) is 32.3 Å². The Morgan fingerprint density at radius 1 is 1.05 bits per heavy atom. The van der Waals surface area contributed by atoms with Crippen molar-refractivity contribution in [2.24, 2.45) is 0 Å². The van der Waals surface area contributed by atoms with Crippen molar-refractivity contribution >= 4 is 51.8 Å². The van der Waals surface area contributed by atoms with Crippen LogP contribution in [0.3, 0.4) is 0 Å². The average Bonchev–Trinajstić information content (AvgIpc) is 4.08. The molecular weight excluding hydrogens is 817 g/mol. The second-order valence-corrected chi connectivity index (χ2v) is 16.0. The molecule has 5 heterocycles. The fourth-order valence-electron chi connectivity index (χ4n) is 6.84. The van der Waals surface area contributed by atoms with Crippen LogP contribution in [0.1, 0.15) is 69.8 Å². The number of benzene rings is 1. The van der Waals surface area contributed by atoms with Crippen molar-refractivity contribution in [1.82, 2.24) is 56.0 Å². The van der Waals surface area contributed by atoms with Crippen molar-refractivity contribution in [3.8, 4) is 39.5 Å². The highest BCUT2D eigenvalue weighted by Gasteiger charge is 2.34. The second-order valence-electron chi connectivity index (χ2n) is 15.2. The number of pyridine rings is 1. The lowest BCUT2D eigenvalue weighted by Crippen LogP contribution is -2.49. The zero-order valence-electron chi connectivity index (χ0n) is 35.2. The Morgan fingerprint density at radius 2 is 1.82 bits per heavy atom. The normalized spacial score (nSPS) is 13.8. The molecule has 5 aromatic rings. The number of aryl methyl sites for hydroxylation is 2. The summed E-state index contributed by atoms with van der Waals surface area (Å²) in [5, 5.41) is 29.1. The Bertz CT molecular complexity index is 2430. The Labute approximate surface area is 362 Å². The van der Waals surface area contributed by atoms with Gasteiger partial charge < -0.3 is 46.3 Å². The number of nitrogens with one attached hydrogen (secondary N) is 4. The van der Waals surface area contributed by atoms with Gasteiger partial charge in [-0.15, -0.1) is 11.3 Å². The van der Waals surface area contributed by atoms with Crippen LogP contribution in [-0.4, -0.2) is 114 Å². The van der Waals surface area contributed by atoms with Crippen molar-refractivity contribution in [1.29, 1.82) is 0 Å². The number of likely N-dealkylation sites (tertiary alicyclic amines) is 1. The molecule has 328 valence electrons. The number of hydrogen-bond acceptors (Lipinski definition) is 15. The molecule has 19 nitrogen and oxygen atoms in total. The Morgan fingerprint density at radius 3 is 2.53 bits per heavy atom. The standard InChI is InChI=1S/C42H52N12O7S/c1-5-53-37-31(22-45-29(15-16-42(3,4)59)35(37)50-40(53)36-39(43)52-61-51-36)60-20-8-18-44-17-6-10-32(55)46-23-33(56)47-24-34(57)54-19-7-9-30(54)41(58)48-21-27-11-13-28(14-12-27)38-26(2)49-25-62-38/h11-14,22,25,30,44,59H,5-10,17-21,23-24H2,1-4H3,(H2,43,52)(H,46,55)(H,47,56)(H,48,58)/t30-/m0/s1. The smallest absolute Gasteiger partial charge is 0.243 e. The maximum atomic E-state index is 13.0. The van der Waals surface area contributed by atoms with E-state index in [0.29, 0.717) is 93.3 Å². The summed E-state index contributed by atoms with van der Waals surface area (Å²) in [7, 11) is 0. The number of nitrogens with zero attached hydrogens (tertiary/aromatic N) is 7. The van der Waals surface area contributed by atoms with Crippen LogP contribution in [0.15, 0.2) is 40.6 Å². The average molecular weight is 869 g/mol. The number of fused-ring (bicyclic) bond motifs is 1. The number of aromatic nitrogens is 6. The highest BCUT2D eigenvalue weighted by Crippen LogP contribution is 2.33. The van der Waals surface area contributed by atoms with Crippen molar-refractivity contribution in [3.63, 3.8) is 0 Å². The molecule has 4 amide bonds. The van der Waals surface area contributed by atoms with Crippen LogP contribution in [0, 0.1) is 18.8 Å². The quantitative estimate of drug-likeness (QED) is 0.0515. The molecule has 0 bridgehead atoms. The lowest BCUT2D eigenvalue weighted by Gasteiger charge is -2.24. The van der Waals surface area contributed by atoms with Gasteiger partial charge in [0.05, 0.1) is 42.0 Å². The second kappa shape index (κ2) is 20.9. The van der Waals surface area contributed by atoms with Gasteiger partial charge in [0, 0.05) is 26.1 Å². The first-order valence-electron chi connectivity index (χ1n) is 20.5. The van der Waals surface area contributed by atoms with Gasteiger partial charge in [0.15, 0.2) is 23.1 Å². The SMILES string of the molecule is CCn1c(-c2nonc2N)nc2c(C#CC(C)(C)O)ncc(OCCCNCCCC(=O)NCC(=O)NCC(=O)N3CCC[C@H]3C(=O)NCc3ccc(-c4scnc4C)cc3)c21. The van der Waals surface area contributed by atoms with Crippen LogP contribution in [0.4, 0.5) is 5.82 Å². The third-order valence-electron chi connectivity index (χ3n) is 9.96. The van der Waals surface area contributed by atoms with Gasteiger partial charge in [-0.25, -0.2) is 19.6 Å². The van der Waals surface area contributed by atoms with E-state index >= 15 is 0 Å². The number of thiazole rings is 1. The van der Waals surface area contributed by atoms with Crippen LogP contribution in [0.2, 0.25) is 0 Å². The fraction of sp³-hybridized carbons (Fsp3) is 0.452. The topological polar surface area (TPSA) is 258 Å². The first-order chi connectivity index (χ1) is 29.8. The summed E-state index contributed by atoms with van der Waals surface area (Å²) >= 11 is 1.58. The molecule has 0 unspecified atom stereocenters. The van der Waals surface area contributed by atoms with Gasteiger partial charge in [-0.3, -0.25) is 19.2 Å². The lowest BCUT2D eigenvalue weighted by molar-refractivity contribution is -0.138. The molecular formula is C42H52N12O7S. The summed E-state index contributed by atoms with van der Waals surface area (Å²) in [6.07, 6.45) is 4.19. The number of imidazole rings is 1. The van der Waals surface area contributed by atoms with Gasteiger partial charge in [0.1, 0.15) is 28.4 Å². The molecule has 1 fully saturated rings. The highest BCUT2D eigenvalue weighted by atomic mass is 32.1. The van der Waals surface area contributed by atoms with Crippen molar-refractivity contribution < 1.29 is 33.7 Å². The molecule has 7 N–H and O–H groups in total. The van der Waals surface area contributed by atoms with Crippen LogP contribution in [0.5, 0.6) is 5.75 Å². The van der Waals surface area contributed by atoms with Crippen molar-refractivity contribution in [2.45, 2.75) is 84.5 Å². The van der Waals surface area contributed by atoms with E-state index in [1.807, 2.05) is 48.2 Å². The molecule has 0 saturated carbocycles. The van der Waals surface area contributed by atoms with Crippen molar-refractivity contribution in [3.05, 3.63) is 52.9 Å². The number of rotatable bonds is 19. The largest absolute Gasteiger partial charge is 0.490 e. The van der Waals surface area contributed by atoms with Crippen LogP contribution >= 0.6 is 11.3 Å². The Kier molecular flexibility index (Phi) is 15.2. The zero-order valence-corrected chi connectivity index (χ0v) is 36.1. The van der Waals surface area contributed by atoms with E-state index in [-0.39, 0.29) is 48.7 Å². The van der Waals surface area contributed by atoms with Gasteiger partial charge in [0.2, 0.25) is 23.6 Å². The number of nitrogen functional groups attached to an aromatic ring is 1. The number of nitrogens with two attached hydrogens (primary N) is 1. The lowest BCUT2D eigenvalue weighted by atomic mass is 10.1. The number of ether oxygens (including phenoxy) is 1. The fourth-order valence-corrected chi connectivity index (χ4v) is 7.65. The monoisotopic (exact) mass is 868 g/mol. The van der Waals surface area contributed by atoms with E-state index in [2.05, 4.69) is 53.4 Å². The number of aliphatic hydroxyl groups is 1. The molecule has 20 heteroatoms. The molecule has 4 aromatic heterocycles. The van der Waals surface area contributed by atoms with E-state index in [1.165, 1.54) is 4.90 Å².